The van der Waals surface area contributed by atoms with E-state index in [0.29, 0.717) is 28.5 Å². The molecular weight excluding hydrogens is 504 g/mol. The quantitative estimate of drug-likeness (QED) is 0.395. The second-order valence-electron chi connectivity index (χ2n) is 7.82. The molecule has 0 radical (unpaired) electrons. The van der Waals surface area contributed by atoms with Crippen molar-refractivity contribution in [3.8, 4) is 12.3 Å². The Morgan fingerprint density at radius 3 is 2.25 bits per heavy atom. The Hall–Kier alpha value is -2.04. The molecule has 0 aliphatic heterocycles. The van der Waals surface area contributed by atoms with Crippen LogP contribution in [0.15, 0.2) is 30.3 Å². The zero-order valence-corrected chi connectivity index (χ0v) is 19.1. The maximum absolute atomic E-state index is 14.3. The van der Waals surface area contributed by atoms with Crippen molar-refractivity contribution in [1.29, 1.82) is 0 Å². The number of benzene rings is 2. The van der Waals surface area contributed by atoms with Crippen molar-refractivity contribution >= 4 is 63.9 Å². The molecular formula is C22H14Cl4F2N2O2. The Morgan fingerprint density at radius 1 is 1.06 bits per heavy atom. The summed E-state index contributed by atoms with van der Waals surface area (Å²) in [5.41, 5.74) is -1.01. The van der Waals surface area contributed by atoms with Gasteiger partial charge in [0.15, 0.2) is 11.6 Å². The molecule has 32 heavy (non-hydrogen) atoms. The number of carbonyl (C=O) groups excluding carboxylic acids is 2. The fourth-order valence-corrected chi connectivity index (χ4v) is 4.96. The van der Waals surface area contributed by atoms with Crippen LogP contribution in [0.25, 0.3) is 0 Å². The largest absolute Gasteiger partial charge is 0.336 e. The fourth-order valence-electron chi connectivity index (χ4n) is 3.58. The molecule has 2 atom stereocenters. The summed E-state index contributed by atoms with van der Waals surface area (Å²) in [4.78, 5) is 25.2. The third-order valence-corrected chi connectivity index (χ3v) is 6.88. The molecule has 0 aromatic heterocycles. The third-order valence-electron chi connectivity index (χ3n) is 5.50. The van der Waals surface area contributed by atoms with Gasteiger partial charge in [0, 0.05) is 27.7 Å². The van der Waals surface area contributed by atoms with Crippen molar-refractivity contribution in [3.05, 3.63) is 63.1 Å². The molecule has 2 aliphatic rings. The molecule has 2 amide bonds. The van der Waals surface area contributed by atoms with E-state index in [4.69, 9.17) is 52.8 Å². The highest BCUT2D eigenvalue weighted by Gasteiger charge is 2.67. The molecule has 0 heterocycles. The van der Waals surface area contributed by atoms with Gasteiger partial charge in [-0.05, 0) is 42.7 Å². The van der Waals surface area contributed by atoms with E-state index in [1.807, 2.05) is 0 Å². The van der Waals surface area contributed by atoms with Crippen molar-refractivity contribution in [1.82, 2.24) is 5.32 Å². The monoisotopic (exact) mass is 516 g/mol. The summed E-state index contributed by atoms with van der Waals surface area (Å²) < 4.78 is 27.0. The van der Waals surface area contributed by atoms with Gasteiger partial charge in [0.25, 0.3) is 5.91 Å². The van der Waals surface area contributed by atoms with Gasteiger partial charge >= 0.3 is 0 Å². The lowest BCUT2D eigenvalue weighted by molar-refractivity contribution is -0.117. The van der Waals surface area contributed by atoms with Gasteiger partial charge < -0.3 is 10.6 Å². The minimum atomic E-state index is -1.46. The van der Waals surface area contributed by atoms with Crippen LogP contribution < -0.4 is 10.6 Å². The Labute approximate surface area is 202 Å². The number of nitrogens with one attached hydrogen (secondary N) is 2. The molecule has 2 aliphatic carbocycles. The Bertz CT molecular complexity index is 1170. The van der Waals surface area contributed by atoms with Crippen LogP contribution in [0, 0.1) is 29.9 Å². The van der Waals surface area contributed by atoms with Crippen molar-refractivity contribution < 1.29 is 18.4 Å². The second kappa shape index (κ2) is 8.07. The minimum absolute atomic E-state index is 0.136. The average Bonchev–Trinajstić information content (AvgIpc) is 3.58. The fraction of sp³-hybridized carbons (Fsp3) is 0.273. The predicted octanol–water partition coefficient (Wildman–Crippen LogP) is 5.69. The van der Waals surface area contributed by atoms with Gasteiger partial charge in [0.2, 0.25) is 5.91 Å². The highest BCUT2D eigenvalue weighted by Crippen LogP contribution is 2.65. The Morgan fingerprint density at radius 2 is 1.69 bits per heavy atom. The number of hydrogen-bond acceptors (Lipinski definition) is 2. The summed E-state index contributed by atoms with van der Waals surface area (Å²) in [6.45, 7) is 0. The number of anilines is 1. The first-order chi connectivity index (χ1) is 15.0. The zero-order chi connectivity index (χ0) is 23.4. The Kier molecular flexibility index (Phi) is 5.83. The second-order valence-corrected chi connectivity index (χ2v) is 10.1. The van der Waals surface area contributed by atoms with Crippen molar-refractivity contribution in [2.75, 3.05) is 5.32 Å². The molecule has 4 rings (SSSR count). The lowest BCUT2D eigenvalue weighted by Gasteiger charge is -2.13. The number of alkyl halides is 2. The molecule has 4 nitrogen and oxygen atoms in total. The SMILES string of the molecule is C#CC1(NC(=O)c2cc(NC(=O)[C@H]3[C@H](c4cc(Cl)cc(Cl)c4)C3(Cl)Cl)cc(F)c2F)CC1. The van der Waals surface area contributed by atoms with E-state index in [-0.39, 0.29) is 5.69 Å². The highest BCUT2D eigenvalue weighted by atomic mass is 35.5. The number of rotatable bonds is 5. The van der Waals surface area contributed by atoms with Crippen LogP contribution in [0.3, 0.4) is 0 Å². The van der Waals surface area contributed by atoms with Gasteiger partial charge in [0.1, 0.15) is 9.87 Å². The molecule has 0 spiro atoms. The van der Waals surface area contributed by atoms with Crippen LogP contribution in [0.5, 0.6) is 0 Å². The number of amides is 2. The smallest absolute Gasteiger partial charge is 0.255 e. The lowest BCUT2D eigenvalue weighted by atomic mass is 10.1. The van der Waals surface area contributed by atoms with Gasteiger partial charge in [-0.25, -0.2) is 8.78 Å². The van der Waals surface area contributed by atoms with E-state index >= 15 is 0 Å². The van der Waals surface area contributed by atoms with Crippen LogP contribution in [0.4, 0.5) is 14.5 Å². The summed E-state index contributed by atoms with van der Waals surface area (Å²) in [5.74, 6) is -3.29. The van der Waals surface area contributed by atoms with Gasteiger partial charge in [-0.3, -0.25) is 9.59 Å². The van der Waals surface area contributed by atoms with E-state index in [1.54, 1.807) is 12.1 Å². The van der Waals surface area contributed by atoms with Crippen LogP contribution in [0.1, 0.15) is 34.7 Å². The van der Waals surface area contributed by atoms with E-state index in [0.717, 1.165) is 12.1 Å². The summed E-state index contributed by atoms with van der Waals surface area (Å²) in [6.07, 6.45) is 6.46. The van der Waals surface area contributed by atoms with Gasteiger partial charge in [-0.1, -0.05) is 29.1 Å². The van der Waals surface area contributed by atoms with Crippen molar-refractivity contribution in [2.24, 2.45) is 5.92 Å². The zero-order valence-electron chi connectivity index (χ0n) is 16.1. The summed E-state index contributed by atoms with van der Waals surface area (Å²) in [5, 5.41) is 5.64. The molecule has 2 fully saturated rings. The molecule has 0 unspecified atom stereocenters. The first-order valence-electron chi connectivity index (χ1n) is 9.41. The molecule has 2 N–H and O–H groups in total. The lowest BCUT2D eigenvalue weighted by Crippen LogP contribution is -2.36. The first-order valence-corrected chi connectivity index (χ1v) is 10.9. The summed E-state index contributed by atoms with van der Waals surface area (Å²) in [7, 11) is 0. The van der Waals surface area contributed by atoms with E-state index in [2.05, 4.69) is 16.6 Å². The highest BCUT2D eigenvalue weighted by molar-refractivity contribution is 6.53. The predicted molar refractivity (Wildman–Crippen MR) is 120 cm³/mol. The van der Waals surface area contributed by atoms with E-state index in [1.165, 1.54) is 6.07 Å². The standard InChI is InChI=1S/C22H14Cl4F2N2O2/c1-2-21(3-4-21)30-19(31)14-8-13(9-15(27)18(14)28)29-20(32)17-16(22(17,25)26)10-5-11(23)7-12(24)6-10/h1,5-9,16-17H,3-4H2,(H,29,32)(H,30,31)/t16-,17+/m0/s1. The topological polar surface area (TPSA) is 58.2 Å². The summed E-state index contributed by atoms with van der Waals surface area (Å²) in [6, 6.07) is 6.48. The normalized spacial score (nSPS) is 21.9. The van der Waals surface area contributed by atoms with Crippen LogP contribution >= 0.6 is 46.4 Å². The maximum atomic E-state index is 14.3. The van der Waals surface area contributed by atoms with E-state index in [9.17, 15) is 18.4 Å². The molecule has 2 saturated carbocycles. The number of terminal acetylenes is 1. The molecule has 2 aromatic carbocycles. The van der Waals surface area contributed by atoms with Crippen molar-refractivity contribution in [2.45, 2.75) is 28.6 Å². The third kappa shape index (κ3) is 4.27. The van der Waals surface area contributed by atoms with Gasteiger partial charge in [0.05, 0.1) is 11.5 Å². The van der Waals surface area contributed by atoms with Crippen LogP contribution in [-0.2, 0) is 4.79 Å². The average molecular weight is 518 g/mol. The summed E-state index contributed by atoms with van der Waals surface area (Å²) >= 11 is 24.6. The van der Waals surface area contributed by atoms with Crippen LogP contribution in [-0.4, -0.2) is 21.7 Å². The molecule has 0 bridgehead atoms. The Balaban J connectivity index is 1.55. The first kappa shape index (κ1) is 23.1. The minimum Gasteiger partial charge on any atom is -0.336 e. The molecule has 10 heteroatoms. The molecule has 0 saturated heterocycles. The number of carbonyl (C=O) groups is 2. The van der Waals surface area contributed by atoms with Crippen LogP contribution in [0.2, 0.25) is 10.0 Å². The number of hydrogen-bond donors (Lipinski definition) is 2. The number of halogens is 6. The molecule has 166 valence electrons. The maximum Gasteiger partial charge on any atom is 0.255 e. The molecule has 2 aromatic rings. The van der Waals surface area contributed by atoms with E-state index < -0.39 is 50.7 Å². The van der Waals surface area contributed by atoms with Crippen molar-refractivity contribution in [3.63, 3.8) is 0 Å². The van der Waals surface area contributed by atoms with Gasteiger partial charge in [-0.15, -0.1) is 29.6 Å². The van der Waals surface area contributed by atoms with Gasteiger partial charge in [-0.2, -0.15) is 0 Å².